The molecule has 0 saturated heterocycles. The molecule has 0 aliphatic rings. The number of rotatable bonds is 17. The highest BCUT2D eigenvalue weighted by molar-refractivity contribution is 5.66. The lowest BCUT2D eigenvalue weighted by Crippen LogP contribution is -2.01. The molecule has 140 valence electrons. The van der Waals surface area contributed by atoms with E-state index in [0.717, 1.165) is 51.4 Å². The predicted octanol–water partition coefficient (Wildman–Crippen LogP) is 4.61. The first kappa shape index (κ1) is 22.9. The van der Waals surface area contributed by atoms with Crippen LogP contribution in [0.15, 0.2) is 24.3 Å². The molecular weight excluding hydrogens is 304 g/mol. The summed E-state index contributed by atoms with van der Waals surface area (Å²) in [5.74, 6) is -0.690. The summed E-state index contributed by atoms with van der Waals surface area (Å²) in [6.07, 6.45) is 20.2. The van der Waals surface area contributed by atoms with Crippen LogP contribution < -0.4 is 0 Å². The second-order valence-corrected chi connectivity index (χ2v) is 6.36. The maximum absolute atomic E-state index is 10.4. The van der Waals surface area contributed by atoms with Gasteiger partial charge in [0.25, 0.3) is 0 Å². The van der Waals surface area contributed by atoms with Crippen molar-refractivity contribution in [2.45, 2.75) is 89.6 Å². The van der Waals surface area contributed by atoms with Gasteiger partial charge < -0.3 is 15.3 Å². The maximum Gasteiger partial charge on any atom is 0.303 e. The maximum atomic E-state index is 10.4. The van der Waals surface area contributed by atoms with E-state index < -0.39 is 5.97 Å². The van der Waals surface area contributed by atoms with Gasteiger partial charge in [-0.1, -0.05) is 69.2 Å². The zero-order valence-corrected chi connectivity index (χ0v) is 15.0. The minimum atomic E-state index is -0.690. The summed E-state index contributed by atoms with van der Waals surface area (Å²) in [5.41, 5.74) is 0. The smallest absolute Gasteiger partial charge is 0.303 e. The van der Waals surface area contributed by atoms with Gasteiger partial charge in [0, 0.05) is 13.0 Å². The highest BCUT2D eigenvalue weighted by atomic mass is 16.4. The Balaban J connectivity index is 3.33. The van der Waals surface area contributed by atoms with E-state index in [-0.39, 0.29) is 12.7 Å². The zero-order chi connectivity index (χ0) is 17.9. The number of aliphatic carboxylic acids is 1. The molecule has 0 rings (SSSR count). The third-order valence-electron chi connectivity index (χ3n) is 4.00. The van der Waals surface area contributed by atoms with Crippen LogP contribution in [-0.4, -0.2) is 34.0 Å². The molecule has 3 N–H and O–H groups in total. The molecule has 0 spiro atoms. The van der Waals surface area contributed by atoms with E-state index in [0.29, 0.717) is 6.42 Å². The number of allylic oxidation sites excluding steroid dienone is 3. The van der Waals surface area contributed by atoms with Crippen LogP contribution in [0, 0.1) is 0 Å². The van der Waals surface area contributed by atoms with Gasteiger partial charge in [-0.25, -0.2) is 0 Å². The molecule has 0 bridgehead atoms. The van der Waals surface area contributed by atoms with Crippen molar-refractivity contribution >= 4 is 5.97 Å². The molecule has 0 aromatic heterocycles. The zero-order valence-electron chi connectivity index (χ0n) is 15.0. The molecular formula is C20H36O4. The van der Waals surface area contributed by atoms with Crippen LogP contribution in [0.2, 0.25) is 0 Å². The Morgan fingerprint density at radius 3 is 2.12 bits per heavy atom. The van der Waals surface area contributed by atoms with Crippen molar-refractivity contribution < 1.29 is 20.1 Å². The van der Waals surface area contributed by atoms with Crippen LogP contribution in [0.25, 0.3) is 0 Å². The molecule has 4 nitrogen and oxygen atoms in total. The standard InChI is InChI=1S/C20H36O4/c21-18-14-10-12-16-19(22)15-11-8-6-4-2-1-3-5-7-9-13-17-20(23)24/h6,8,11,15,19,21-22H,1-5,7,9-10,12-14,16-18H2,(H,23,24)/b8-6-,15-11+. The largest absolute Gasteiger partial charge is 0.481 e. The molecule has 0 heterocycles. The van der Waals surface area contributed by atoms with Gasteiger partial charge in [0.15, 0.2) is 0 Å². The fraction of sp³-hybridized carbons (Fsp3) is 0.750. The second kappa shape index (κ2) is 18.2. The first-order valence-corrected chi connectivity index (χ1v) is 9.51. The summed E-state index contributed by atoms with van der Waals surface area (Å²) in [6, 6.07) is 0. The van der Waals surface area contributed by atoms with Crippen molar-refractivity contribution in [2.75, 3.05) is 6.61 Å². The summed E-state index contributed by atoms with van der Waals surface area (Å²) in [4.78, 5) is 10.4. The van der Waals surface area contributed by atoms with Crippen LogP contribution >= 0.6 is 0 Å². The number of unbranched alkanes of at least 4 members (excludes halogenated alkanes) is 9. The quantitative estimate of drug-likeness (QED) is 0.267. The van der Waals surface area contributed by atoms with Crippen molar-refractivity contribution in [1.82, 2.24) is 0 Å². The summed E-state index contributed by atoms with van der Waals surface area (Å²) in [7, 11) is 0. The first-order chi connectivity index (χ1) is 11.7. The number of carboxylic acid groups (broad SMARTS) is 1. The van der Waals surface area contributed by atoms with Gasteiger partial charge in [-0.2, -0.15) is 0 Å². The third-order valence-corrected chi connectivity index (χ3v) is 4.00. The number of carboxylic acids is 1. The fourth-order valence-electron chi connectivity index (χ4n) is 2.53. The van der Waals surface area contributed by atoms with Crippen LogP contribution in [0.1, 0.15) is 83.5 Å². The Morgan fingerprint density at radius 2 is 1.46 bits per heavy atom. The van der Waals surface area contributed by atoms with Crippen molar-refractivity contribution in [1.29, 1.82) is 0 Å². The van der Waals surface area contributed by atoms with E-state index in [1.807, 2.05) is 18.2 Å². The number of carbonyl (C=O) groups is 1. The Hall–Kier alpha value is -1.13. The molecule has 0 amide bonds. The molecule has 0 radical (unpaired) electrons. The molecule has 1 unspecified atom stereocenters. The molecule has 0 aliphatic heterocycles. The van der Waals surface area contributed by atoms with Gasteiger partial charge in [-0.15, -0.1) is 0 Å². The van der Waals surface area contributed by atoms with E-state index in [9.17, 15) is 9.90 Å². The van der Waals surface area contributed by atoms with Crippen LogP contribution in [0.3, 0.4) is 0 Å². The number of aliphatic hydroxyl groups is 2. The molecule has 0 saturated carbocycles. The fourth-order valence-corrected chi connectivity index (χ4v) is 2.53. The third kappa shape index (κ3) is 18.9. The topological polar surface area (TPSA) is 77.8 Å². The summed E-state index contributed by atoms with van der Waals surface area (Å²) in [5, 5.41) is 26.9. The monoisotopic (exact) mass is 340 g/mol. The molecule has 0 aromatic carbocycles. The Morgan fingerprint density at radius 1 is 0.833 bits per heavy atom. The van der Waals surface area contributed by atoms with Gasteiger partial charge in [0.1, 0.15) is 0 Å². The summed E-state index contributed by atoms with van der Waals surface area (Å²) in [6.45, 7) is 0.236. The Labute approximate surface area is 147 Å². The van der Waals surface area contributed by atoms with Gasteiger partial charge in [-0.3, -0.25) is 4.79 Å². The number of hydrogen-bond acceptors (Lipinski definition) is 3. The predicted molar refractivity (Wildman–Crippen MR) is 99.0 cm³/mol. The highest BCUT2D eigenvalue weighted by Crippen LogP contribution is 2.10. The minimum absolute atomic E-state index is 0.236. The van der Waals surface area contributed by atoms with Gasteiger partial charge >= 0.3 is 5.97 Å². The lowest BCUT2D eigenvalue weighted by Gasteiger charge is -2.03. The molecule has 24 heavy (non-hydrogen) atoms. The summed E-state index contributed by atoms with van der Waals surface area (Å²) < 4.78 is 0. The van der Waals surface area contributed by atoms with Crippen molar-refractivity contribution in [3.8, 4) is 0 Å². The first-order valence-electron chi connectivity index (χ1n) is 9.51. The molecule has 0 aliphatic carbocycles. The average molecular weight is 341 g/mol. The molecule has 0 fully saturated rings. The molecule has 4 heteroatoms. The van der Waals surface area contributed by atoms with E-state index in [4.69, 9.17) is 10.2 Å². The van der Waals surface area contributed by atoms with E-state index in [2.05, 4.69) is 6.08 Å². The SMILES string of the molecule is O=C(O)CCCCCCCCC/C=C\C=C\C(O)CCCCCO. The number of hydrogen-bond donors (Lipinski definition) is 3. The minimum Gasteiger partial charge on any atom is -0.481 e. The Bertz CT molecular complexity index is 337. The Kier molecular flexibility index (Phi) is 17.4. The highest BCUT2D eigenvalue weighted by Gasteiger charge is 1.98. The van der Waals surface area contributed by atoms with E-state index in [1.54, 1.807) is 0 Å². The van der Waals surface area contributed by atoms with Crippen LogP contribution in [0.4, 0.5) is 0 Å². The van der Waals surface area contributed by atoms with Crippen LogP contribution in [-0.2, 0) is 4.79 Å². The van der Waals surface area contributed by atoms with Gasteiger partial charge in [0.05, 0.1) is 6.10 Å². The van der Waals surface area contributed by atoms with E-state index in [1.165, 1.54) is 25.7 Å². The van der Waals surface area contributed by atoms with Gasteiger partial charge in [0.2, 0.25) is 0 Å². The normalized spacial score (nSPS) is 13.1. The van der Waals surface area contributed by atoms with Crippen molar-refractivity contribution in [3.63, 3.8) is 0 Å². The molecule has 1 atom stereocenters. The molecule has 0 aromatic rings. The lowest BCUT2D eigenvalue weighted by molar-refractivity contribution is -0.137. The lowest BCUT2D eigenvalue weighted by atomic mass is 10.1. The van der Waals surface area contributed by atoms with Crippen LogP contribution in [0.5, 0.6) is 0 Å². The van der Waals surface area contributed by atoms with Gasteiger partial charge in [-0.05, 0) is 32.1 Å². The average Bonchev–Trinajstić information content (AvgIpc) is 2.55. The van der Waals surface area contributed by atoms with Crippen molar-refractivity contribution in [3.05, 3.63) is 24.3 Å². The number of aliphatic hydroxyl groups excluding tert-OH is 2. The summed E-state index contributed by atoms with van der Waals surface area (Å²) >= 11 is 0. The van der Waals surface area contributed by atoms with Crippen molar-refractivity contribution in [2.24, 2.45) is 0 Å². The van der Waals surface area contributed by atoms with E-state index >= 15 is 0 Å². The second-order valence-electron chi connectivity index (χ2n) is 6.36.